The first-order valence-electron chi connectivity index (χ1n) is 44.1. The number of ketones is 3. The number of methoxy groups -OCH3 is 1. The number of carboxylic acids is 3. The van der Waals surface area contributed by atoms with Gasteiger partial charge in [0.15, 0.2) is 22.4 Å². The number of halogens is 2. The Morgan fingerprint density at radius 2 is 0.804 bits per heavy atom. The zero-order chi connectivity index (χ0) is 97.1. The average Bonchev–Trinajstić information content (AvgIpc) is 1.50. The van der Waals surface area contributed by atoms with Crippen molar-refractivity contribution in [1.29, 1.82) is 0 Å². The number of rotatable bonds is 32. The zero-order valence-corrected chi connectivity index (χ0v) is 75.2. The molecule has 6 aliphatic rings. The third-order valence-corrected chi connectivity index (χ3v) is 24.2. The molecule has 12 amide bonds. The SMILES string of the molecule is C.C.COc1cccc2oc(C(=O)[C@H](CC(=O)O)NC(=O)[C@@H]3CCCN4C(=O)CCC(NC(=O)CCc5ccccc5)C(=O)N34)nc12.Cc1cccc2nc(C(=O)[C@H](CC(=O)O)NC(=O)[C@@H]3CCCN4C(=O)CCC(NC(=O)CCc5ccccc5)C(=O)N34)oc12.O=C(O)C[C@H](NC(=O)[C@@H]1CCCN2C(=O)CCC(NC(=O)CCc3ccccc3)C(=O)N12)C(=O)c1ncc(-c2c(Cl)cccc2Cl)o1. The lowest BCUT2D eigenvalue weighted by molar-refractivity contribution is -0.176. The van der Waals surface area contributed by atoms with E-state index >= 15 is 0 Å². The highest BCUT2D eigenvalue weighted by atomic mass is 35.5. The van der Waals surface area contributed by atoms with Gasteiger partial charge in [0.05, 0.1) is 48.2 Å². The van der Waals surface area contributed by atoms with Crippen molar-refractivity contribution in [3.05, 3.63) is 202 Å². The number of fused-ring (bicyclic) bond motifs is 5. The predicted octanol–water partition coefficient (Wildman–Crippen LogP) is 8.26. The number of aliphatic carboxylic acids is 3. The van der Waals surface area contributed by atoms with Crippen molar-refractivity contribution >= 4 is 152 Å². The maximum atomic E-state index is 13.8. The fourth-order valence-electron chi connectivity index (χ4n) is 16.8. The molecule has 0 saturated carbocycles. The Labute approximate surface area is 800 Å². The summed E-state index contributed by atoms with van der Waals surface area (Å²) in [7, 11) is 1.42. The van der Waals surface area contributed by atoms with Crippen LogP contribution in [-0.4, -0.2) is 248 Å². The van der Waals surface area contributed by atoms with Crippen LogP contribution in [0.4, 0.5) is 0 Å². The Morgan fingerprint density at radius 3 is 1.17 bits per heavy atom. The van der Waals surface area contributed by atoms with Crippen molar-refractivity contribution in [2.24, 2.45) is 0 Å². The number of carbonyl (C=O) groups is 18. The summed E-state index contributed by atoms with van der Waals surface area (Å²) in [5, 5.41) is 51.3. The Kier molecular flexibility index (Phi) is 35.5. The minimum absolute atomic E-state index is 0. The molecule has 0 spiro atoms. The lowest BCUT2D eigenvalue weighted by atomic mass is 10.0. The van der Waals surface area contributed by atoms with Crippen LogP contribution in [0.25, 0.3) is 33.5 Å². The summed E-state index contributed by atoms with van der Waals surface area (Å²) in [4.78, 5) is 247. The number of benzene rings is 6. The number of para-hydroxylation sites is 2. The molecule has 0 bridgehead atoms. The summed E-state index contributed by atoms with van der Waals surface area (Å²) in [5.74, 6) is -14.4. The monoisotopic (exact) mass is 1940 g/mol. The van der Waals surface area contributed by atoms with E-state index in [2.05, 4.69) is 46.9 Å². The van der Waals surface area contributed by atoms with Crippen molar-refractivity contribution in [3.8, 4) is 17.1 Å². The van der Waals surface area contributed by atoms with Gasteiger partial charge in [0.25, 0.3) is 35.4 Å². The van der Waals surface area contributed by atoms with Gasteiger partial charge in [-0.25, -0.2) is 30.0 Å². The summed E-state index contributed by atoms with van der Waals surface area (Å²) < 4.78 is 22.0. The molecule has 6 aromatic carbocycles. The molecule has 138 heavy (non-hydrogen) atoms. The predicted molar refractivity (Wildman–Crippen MR) is 493 cm³/mol. The Hall–Kier alpha value is -15.1. The number of aromatic nitrogens is 3. The van der Waals surface area contributed by atoms with Gasteiger partial charge in [-0.2, -0.15) is 0 Å². The first kappa shape index (κ1) is 103. The van der Waals surface area contributed by atoms with Crippen LogP contribution < -0.4 is 36.6 Å². The summed E-state index contributed by atoms with van der Waals surface area (Å²) in [6.45, 7) is 2.32. The number of hydrazine groups is 3. The van der Waals surface area contributed by atoms with Gasteiger partial charge in [0.1, 0.15) is 65.6 Å². The molecule has 3 aromatic heterocycles. The van der Waals surface area contributed by atoms with Crippen LogP contribution in [0, 0.1) is 6.92 Å². The van der Waals surface area contributed by atoms with Crippen LogP contribution in [-0.2, 0) is 91.2 Å². The van der Waals surface area contributed by atoms with Crippen LogP contribution >= 0.6 is 23.2 Å². The number of hydrogen-bond acceptors (Lipinski definition) is 25. The van der Waals surface area contributed by atoms with E-state index in [1.807, 2.05) is 91.0 Å². The molecule has 9 aromatic rings. The molecular formula is C96H105Cl2N15O25. The van der Waals surface area contributed by atoms with Gasteiger partial charge >= 0.3 is 17.9 Å². The van der Waals surface area contributed by atoms with Gasteiger partial charge in [0.2, 0.25) is 70.5 Å². The summed E-state index contributed by atoms with van der Waals surface area (Å²) >= 11 is 12.5. The quantitative estimate of drug-likeness (QED) is 0.0179. The van der Waals surface area contributed by atoms with Crippen LogP contribution in [0.15, 0.2) is 165 Å². The van der Waals surface area contributed by atoms with Gasteiger partial charge in [-0.1, -0.05) is 153 Å². The van der Waals surface area contributed by atoms with Gasteiger partial charge in [0, 0.05) is 58.2 Å². The van der Waals surface area contributed by atoms with E-state index in [1.165, 1.54) is 28.3 Å². The molecule has 0 aliphatic carbocycles. The van der Waals surface area contributed by atoms with Gasteiger partial charge < -0.3 is 65.2 Å². The molecular weight excluding hydrogens is 1830 g/mol. The number of Topliss-reactive ketones (excluding diaryl/α,β-unsaturated/α-hetero) is 3. The first-order valence-corrected chi connectivity index (χ1v) is 44.9. The van der Waals surface area contributed by atoms with E-state index in [0.29, 0.717) is 55.4 Å². The second-order valence-electron chi connectivity index (χ2n) is 33.0. The molecule has 6 fully saturated rings. The van der Waals surface area contributed by atoms with Crippen LogP contribution in [0.1, 0.15) is 185 Å². The molecule has 6 saturated heterocycles. The minimum Gasteiger partial charge on any atom is -0.494 e. The molecule has 40 nitrogen and oxygen atoms in total. The van der Waals surface area contributed by atoms with E-state index in [-0.39, 0.29) is 179 Å². The Balaban J connectivity index is 0.000000197. The lowest BCUT2D eigenvalue weighted by Gasteiger charge is -2.43. The minimum atomic E-state index is -1.63. The number of ether oxygens (including phenoxy) is 1. The maximum Gasteiger partial charge on any atom is 0.305 e. The van der Waals surface area contributed by atoms with Crippen molar-refractivity contribution in [2.75, 3.05) is 26.7 Å². The molecule has 728 valence electrons. The van der Waals surface area contributed by atoms with Gasteiger partial charge in [-0.3, -0.25) is 101 Å². The van der Waals surface area contributed by atoms with E-state index < -0.39 is 162 Å². The highest BCUT2D eigenvalue weighted by Gasteiger charge is 2.50. The van der Waals surface area contributed by atoms with Crippen LogP contribution in [0.5, 0.6) is 5.75 Å². The van der Waals surface area contributed by atoms with Gasteiger partial charge in [-0.05, 0) is 137 Å². The van der Waals surface area contributed by atoms with E-state index in [0.717, 1.165) is 37.3 Å². The number of carboxylic acid groups (broad SMARTS) is 3. The number of nitrogens with one attached hydrogen (secondary N) is 6. The van der Waals surface area contributed by atoms with Crippen molar-refractivity contribution in [1.82, 2.24) is 76.9 Å². The average molecular weight is 1940 g/mol. The first-order chi connectivity index (χ1) is 65.3. The number of aryl methyl sites for hydroxylation is 4. The molecule has 15 rings (SSSR count). The summed E-state index contributed by atoms with van der Waals surface area (Å²) in [5.41, 5.74) is 5.10. The second-order valence-corrected chi connectivity index (χ2v) is 33.8. The van der Waals surface area contributed by atoms with E-state index in [9.17, 15) is 102 Å². The number of oxazole rings is 3. The number of amides is 12. The molecule has 9 atom stereocenters. The molecule has 3 unspecified atom stereocenters. The molecule has 6 aliphatic heterocycles. The molecule has 9 N–H and O–H groups in total. The van der Waals surface area contributed by atoms with Crippen LogP contribution in [0.3, 0.4) is 0 Å². The Bertz CT molecular complexity index is 6050. The highest BCUT2D eigenvalue weighted by Crippen LogP contribution is 2.37. The lowest BCUT2D eigenvalue weighted by Crippen LogP contribution is -2.64. The largest absolute Gasteiger partial charge is 0.494 e. The number of carbonyl (C=O) groups excluding carboxylic acids is 15. The van der Waals surface area contributed by atoms with E-state index in [4.69, 9.17) is 41.2 Å². The smallest absolute Gasteiger partial charge is 0.305 e. The van der Waals surface area contributed by atoms with Gasteiger partial charge in [-0.15, -0.1) is 0 Å². The highest BCUT2D eigenvalue weighted by molar-refractivity contribution is 6.39. The standard InChI is InChI=1S/C32H31Cl2N5O8.C31H33N5O9.C31H33N5O8.2CH4/c33-19-8-4-9-20(34)28(19)24-17-35-31(47-24)29(44)22(16-27(42)43)37-30(45)23-10-5-15-38-26(41)14-12-21(32(46)39(23)38)36-25(40)13-11-18-6-2-1-3-7-18;1-44-22-10-5-11-23-27(22)34-30(45-23)28(41)20(17-26(39)40)33-29(42)21-9-6-16-35-25(38)15-13-19(31(43)36(21)35)32-24(37)14-12-18-7-3-2-4-8-18;1-18-7-5-10-20-28(18)44-30(34-20)27(41)22(17-26(39)40)33-29(42)23-11-6-16-35-25(38)15-13-21(31(43)36(23)35)32-24(37)14-12-19-8-3-2-4-9-19;;/h1-4,6-9,17,21-23H,5,10-16H2,(H,36,40)(H,37,45)(H,42,43);2-5,7-8,10-11,19-21H,6,9,12-17H2,1H3,(H,32,37)(H,33,42)(H,39,40);2-5,7-10,21-23H,6,11-17H2,1H3,(H,32,37)(H,33,42)(H,39,40);2*1H4/t21?,22-,23-;19?,20-,21-;21?,22-,23-;;/m000../s1. The second kappa shape index (κ2) is 47.4. The fourth-order valence-corrected chi connectivity index (χ4v) is 17.3. The van der Waals surface area contributed by atoms with Crippen molar-refractivity contribution in [2.45, 2.75) is 211 Å². The Morgan fingerprint density at radius 1 is 0.442 bits per heavy atom. The molecule has 9 heterocycles. The molecule has 0 radical (unpaired) electrons. The number of hydrogen-bond donors (Lipinski definition) is 9. The zero-order valence-electron chi connectivity index (χ0n) is 73.7. The fraction of sp³-hybridized carbons (Fsp3) is 0.385. The maximum absolute atomic E-state index is 13.8. The number of nitrogens with zero attached hydrogens (tertiary/aromatic N) is 9. The third kappa shape index (κ3) is 25.3. The van der Waals surface area contributed by atoms with Crippen LogP contribution in [0.2, 0.25) is 10.0 Å². The molecule has 42 heteroatoms. The summed E-state index contributed by atoms with van der Waals surface area (Å²) in [6, 6.07) is 31.2. The summed E-state index contributed by atoms with van der Waals surface area (Å²) in [6.07, 6.45) is 2.20. The van der Waals surface area contributed by atoms with E-state index in [1.54, 1.807) is 61.5 Å². The normalized spacial score (nSPS) is 18.6. The topological polar surface area (TPSA) is 547 Å². The third-order valence-electron chi connectivity index (χ3n) is 23.5. The van der Waals surface area contributed by atoms with Crippen molar-refractivity contribution < 1.29 is 120 Å². The van der Waals surface area contributed by atoms with Crippen molar-refractivity contribution in [3.63, 3.8) is 0 Å².